The Balaban J connectivity index is 2.48. The molecule has 0 saturated carbocycles. The second-order valence-corrected chi connectivity index (χ2v) is 5.35. The molecule has 118 valence electrons. The first-order valence-electron chi connectivity index (χ1n) is 6.37. The number of benzene rings is 1. The summed E-state index contributed by atoms with van der Waals surface area (Å²) >= 11 is 1.09. The van der Waals surface area contributed by atoms with E-state index >= 15 is 0 Å². The third kappa shape index (κ3) is 4.11. The van der Waals surface area contributed by atoms with Crippen molar-refractivity contribution in [2.75, 3.05) is 19.4 Å². The van der Waals surface area contributed by atoms with Crippen molar-refractivity contribution in [1.82, 2.24) is 9.97 Å². The fraction of sp³-hybridized carbons (Fsp3) is 0.286. The molecular weight excluding hydrogens is 315 g/mol. The highest BCUT2D eigenvalue weighted by molar-refractivity contribution is 7.99. The highest BCUT2D eigenvalue weighted by Crippen LogP contribution is 2.32. The van der Waals surface area contributed by atoms with Crippen molar-refractivity contribution >= 4 is 11.8 Å². The number of rotatable bonds is 5. The summed E-state index contributed by atoms with van der Waals surface area (Å²) in [5.74, 6) is 0.986. The smallest absolute Gasteiger partial charge is 0.433 e. The first kappa shape index (κ1) is 16.6. The Morgan fingerprint density at radius 3 is 2.64 bits per heavy atom. The van der Waals surface area contributed by atoms with Crippen LogP contribution >= 0.6 is 11.8 Å². The van der Waals surface area contributed by atoms with Crippen molar-refractivity contribution < 1.29 is 17.9 Å². The molecular formula is C14H14F3N3OS. The molecule has 2 aromatic rings. The van der Waals surface area contributed by atoms with Gasteiger partial charge < -0.3 is 10.5 Å². The molecule has 0 aliphatic rings. The van der Waals surface area contributed by atoms with Crippen molar-refractivity contribution in [3.05, 3.63) is 36.0 Å². The van der Waals surface area contributed by atoms with Gasteiger partial charge in [0.1, 0.15) is 11.4 Å². The largest absolute Gasteiger partial charge is 0.497 e. The average Bonchev–Trinajstić information content (AvgIpc) is 2.52. The van der Waals surface area contributed by atoms with Crippen molar-refractivity contribution in [2.45, 2.75) is 11.3 Å². The van der Waals surface area contributed by atoms with Crippen LogP contribution in [-0.4, -0.2) is 29.4 Å². The Labute approximate surface area is 129 Å². The Bertz CT molecular complexity index is 649. The topological polar surface area (TPSA) is 61.0 Å². The Morgan fingerprint density at radius 2 is 2.00 bits per heavy atom. The van der Waals surface area contributed by atoms with E-state index in [1.165, 1.54) is 7.11 Å². The maximum atomic E-state index is 13.0. The van der Waals surface area contributed by atoms with Gasteiger partial charge in [-0.3, -0.25) is 0 Å². The second-order valence-electron chi connectivity index (χ2n) is 4.29. The third-order valence-corrected chi connectivity index (χ3v) is 3.59. The number of aromatic nitrogens is 2. The molecule has 0 fully saturated rings. The van der Waals surface area contributed by atoms with E-state index in [1.807, 2.05) is 0 Å². The highest BCUT2D eigenvalue weighted by atomic mass is 32.2. The van der Waals surface area contributed by atoms with Gasteiger partial charge in [-0.2, -0.15) is 13.2 Å². The molecule has 0 atom stereocenters. The number of thioether (sulfide) groups is 1. The molecule has 0 amide bonds. The molecule has 2 rings (SSSR count). The molecule has 0 bridgehead atoms. The molecule has 0 aliphatic heterocycles. The normalized spacial score (nSPS) is 11.5. The Hall–Kier alpha value is -1.80. The highest BCUT2D eigenvalue weighted by Gasteiger charge is 2.33. The summed E-state index contributed by atoms with van der Waals surface area (Å²) in [6, 6.07) is 7.62. The van der Waals surface area contributed by atoms with Crippen LogP contribution in [0.5, 0.6) is 5.75 Å². The van der Waals surface area contributed by atoms with Gasteiger partial charge in [-0.15, -0.1) is 0 Å². The maximum absolute atomic E-state index is 13.0. The second kappa shape index (κ2) is 6.97. The van der Waals surface area contributed by atoms with Crippen molar-refractivity contribution in [2.24, 2.45) is 5.73 Å². The fourth-order valence-electron chi connectivity index (χ4n) is 1.72. The van der Waals surface area contributed by atoms with Gasteiger partial charge in [-0.1, -0.05) is 23.9 Å². The monoisotopic (exact) mass is 329 g/mol. The molecule has 22 heavy (non-hydrogen) atoms. The minimum Gasteiger partial charge on any atom is -0.497 e. The maximum Gasteiger partial charge on any atom is 0.433 e. The van der Waals surface area contributed by atoms with Crippen LogP contribution in [0, 0.1) is 0 Å². The molecule has 4 nitrogen and oxygen atoms in total. The van der Waals surface area contributed by atoms with E-state index in [1.54, 1.807) is 24.3 Å². The van der Waals surface area contributed by atoms with E-state index in [4.69, 9.17) is 10.5 Å². The van der Waals surface area contributed by atoms with Crippen LogP contribution in [0.4, 0.5) is 13.2 Å². The average molecular weight is 329 g/mol. The van der Waals surface area contributed by atoms with Crippen molar-refractivity contribution in [3.63, 3.8) is 0 Å². The van der Waals surface area contributed by atoms with Crippen LogP contribution < -0.4 is 10.5 Å². The van der Waals surface area contributed by atoms with Crippen LogP contribution in [0.1, 0.15) is 5.69 Å². The molecule has 0 spiro atoms. The molecule has 2 N–H and O–H groups in total. The number of hydrogen-bond acceptors (Lipinski definition) is 5. The van der Waals surface area contributed by atoms with E-state index in [-0.39, 0.29) is 10.9 Å². The number of ether oxygens (including phenoxy) is 1. The van der Waals surface area contributed by atoms with E-state index < -0.39 is 11.9 Å². The molecule has 8 heteroatoms. The van der Waals surface area contributed by atoms with E-state index in [2.05, 4.69) is 9.97 Å². The summed E-state index contributed by atoms with van der Waals surface area (Å²) in [5.41, 5.74) is 5.12. The summed E-state index contributed by atoms with van der Waals surface area (Å²) < 4.78 is 44.0. The number of nitrogens with zero attached hydrogens (tertiary/aromatic N) is 2. The minimum absolute atomic E-state index is 0.0538. The van der Waals surface area contributed by atoms with Crippen molar-refractivity contribution in [1.29, 1.82) is 0 Å². The van der Waals surface area contributed by atoms with Gasteiger partial charge in [-0.05, 0) is 18.2 Å². The number of nitrogens with two attached hydrogens (primary N) is 1. The van der Waals surface area contributed by atoms with Gasteiger partial charge in [0.25, 0.3) is 0 Å². The van der Waals surface area contributed by atoms with E-state index in [0.717, 1.165) is 17.8 Å². The Kier molecular flexibility index (Phi) is 5.25. The lowest BCUT2D eigenvalue weighted by Gasteiger charge is -2.11. The molecule has 1 aromatic carbocycles. The lowest BCUT2D eigenvalue weighted by molar-refractivity contribution is -0.141. The van der Waals surface area contributed by atoms with Crippen LogP contribution in [0.2, 0.25) is 0 Å². The van der Waals surface area contributed by atoms with Gasteiger partial charge in [0.05, 0.1) is 12.8 Å². The Morgan fingerprint density at radius 1 is 1.23 bits per heavy atom. The number of alkyl halides is 3. The molecule has 0 radical (unpaired) electrons. The zero-order valence-electron chi connectivity index (χ0n) is 11.7. The zero-order chi connectivity index (χ0) is 16.2. The molecule has 1 heterocycles. The van der Waals surface area contributed by atoms with Gasteiger partial charge in [0, 0.05) is 17.9 Å². The number of hydrogen-bond donors (Lipinski definition) is 1. The summed E-state index contributed by atoms with van der Waals surface area (Å²) in [6.07, 6.45) is -4.53. The number of methoxy groups -OCH3 is 1. The third-order valence-electron chi connectivity index (χ3n) is 2.71. The summed E-state index contributed by atoms with van der Waals surface area (Å²) in [4.78, 5) is 7.72. The molecule has 1 aromatic heterocycles. The SMILES string of the molecule is COc1cccc(-c2cc(C(F)(F)F)nc(SCCN)n2)c1. The standard InChI is InChI=1S/C14H14F3N3OS/c1-21-10-4-2-3-9(7-10)11-8-12(14(15,16)17)20-13(19-11)22-6-5-18/h2-4,7-8H,5-6,18H2,1H3. The number of halogens is 3. The summed E-state index contributed by atoms with van der Waals surface area (Å²) in [5, 5.41) is 0.0538. The molecule has 0 unspecified atom stereocenters. The first-order chi connectivity index (χ1) is 10.4. The molecule has 0 saturated heterocycles. The minimum atomic E-state index is -4.53. The van der Waals surface area contributed by atoms with Crippen LogP contribution in [0.25, 0.3) is 11.3 Å². The van der Waals surface area contributed by atoms with Crippen molar-refractivity contribution in [3.8, 4) is 17.0 Å². The predicted octanol–water partition coefficient (Wildman–Crippen LogP) is 3.22. The zero-order valence-corrected chi connectivity index (χ0v) is 12.5. The first-order valence-corrected chi connectivity index (χ1v) is 7.36. The molecule has 0 aliphatic carbocycles. The summed E-state index contributed by atoms with van der Waals surface area (Å²) in [7, 11) is 1.49. The lowest BCUT2D eigenvalue weighted by Crippen LogP contribution is -2.11. The van der Waals surface area contributed by atoms with E-state index in [9.17, 15) is 13.2 Å². The van der Waals surface area contributed by atoms with Gasteiger partial charge in [-0.25, -0.2) is 9.97 Å². The van der Waals surface area contributed by atoms with Crippen LogP contribution in [0.15, 0.2) is 35.5 Å². The fourth-order valence-corrected chi connectivity index (χ4v) is 2.34. The van der Waals surface area contributed by atoms with Gasteiger partial charge in [0.15, 0.2) is 5.16 Å². The quantitative estimate of drug-likeness (QED) is 0.674. The van der Waals surface area contributed by atoms with Gasteiger partial charge >= 0.3 is 6.18 Å². The summed E-state index contributed by atoms with van der Waals surface area (Å²) in [6.45, 7) is 0.332. The van der Waals surface area contributed by atoms with Gasteiger partial charge in [0.2, 0.25) is 0 Å². The van der Waals surface area contributed by atoms with Crippen LogP contribution in [0.3, 0.4) is 0 Å². The van der Waals surface area contributed by atoms with E-state index in [0.29, 0.717) is 23.6 Å². The lowest BCUT2D eigenvalue weighted by atomic mass is 10.1. The van der Waals surface area contributed by atoms with Crippen LogP contribution in [-0.2, 0) is 6.18 Å². The predicted molar refractivity (Wildman–Crippen MR) is 78.8 cm³/mol.